The summed E-state index contributed by atoms with van der Waals surface area (Å²) in [5, 5.41) is 5.65. The highest BCUT2D eigenvalue weighted by Gasteiger charge is 2.24. The lowest BCUT2D eigenvalue weighted by atomic mass is 10.1. The summed E-state index contributed by atoms with van der Waals surface area (Å²) in [5.41, 5.74) is 1.94. The van der Waals surface area contributed by atoms with Crippen LogP contribution < -0.4 is 10.3 Å². The maximum absolute atomic E-state index is 13.0. The molecule has 1 aromatic heterocycles. The maximum atomic E-state index is 13.0. The Morgan fingerprint density at radius 1 is 1.13 bits per heavy atom. The van der Waals surface area contributed by atoms with Crippen molar-refractivity contribution in [2.45, 2.75) is 6.92 Å². The number of halogens is 1. The van der Waals surface area contributed by atoms with E-state index in [4.69, 9.17) is 20.8 Å². The Bertz CT molecular complexity index is 1460. The minimum absolute atomic E-state index is 0.301. The molecule has 5 rings (SSSR count). The Kier molecular flexibility index (Phi) is 4.52. The van der Waals surface area contributed by atoms with Crippen molar-refractivity contribution in [3.05, 3.63) is 93.7 Å². The van der Waals surface area contributed by atoms with Crippen LogP contribution in [0.2, 0.25) is 5.02 Å². The molecule has 3 heterocycles. The zero-order chi connectivity index (χ0) is 21.5. The number of fused-ring (bicyclic) bond motifs is 3. The summed E-state index contributed by atoms with van der Waals surface area (Å²) in [5.74, 6) is 0.215. The number of aryl methyl sites for hydroxylation is 1. The van der Waals surface area contributed by atoms with Crippen LogP contribution >= 0.6 is 11.6 Å². The summed E-state index contributed by atoms with van der Waals surface area (Å²) in [4.78, 5) is 29.3. The Morgan fingerprint density at radius 2 is 1.94 bits per heavy atom. The fourth-order valence-electron chi connectivity index (χ4n) is 3.38. The van der Waals surface area contributed by atoms with E-state index in [2.05, 4.69) is 10.1 Å². The molecule has 2 aliphatic heterocycles. The van der Waals surface area contributed by atoms with Gasteiger partial charge in [-0.25, -0.2) is 4.79 Å². The van der Waals surface area contributed by atoms with Crippen molar-refractivity contribution in [1.29, 1.82) is 0 Å². The number of hydrogen-bond donors (Lipinski definition) is 0. The van der Waals surface area contributed by atoms with Gasteiger partial charge in [-0.15, -0.1) is 0 Å². The molecule has 2 aromatic carbocycles. The molecular formula is C23H14ClN3O4. The predicted octanol–water partition coefficient (Wildman–Crippen LogP) is 4.66. The van der Waals surface area contributed by atoms with Crippen LogP contribution in [0.4, 0.5) is 0 Å². The molecule has 0 bridgehead atoms. The van der Waals surface area contributed by atoms with Gasteiger partial charge in [-0.3, -0.25) is 9.78 Å². The van der Waals surface area contributed by atoms with E-state index in [1.807, 2.05) is 0 Å². The van der Waals surface area contributed by atoms with Crippen LogP contribution in [0, 0.1) is 6.92 Å². The van der Waals surface area contributed by atoms with E-state index in [0.717, 1.165) is 0 Å². The van der Waals surface area contributed by atoms with E-state index >= 15 is 0 Å². The third-order valence-electron chi connectivity index (χ3n) is 4.84. The van der Waals surface area contributed by atoms with Crippen LogP contribution in [0.25, 0.3) is 27.9 Å². The summed E-state index contributed by atoms with van der Waals surface area (Å²) >= 11 is 5.96. The van der Waals surface area contributed by atoms with Crippen LogP contribution in [0.15, 0.2) is 76.2 Å². The second kappa shape index (κ2) is 7.37. The van der Waals surface area contributed by atoms with Crippen LogP contribution in [0.5, 0.6) is 5.75 Å². The lowest BCUT2D eigenvalue weighted by Crippen LogP contribution is -2.14. The molecule has 0 aliphatic carbocycles. The number of hydrogen-bond acceptors (Lipinski definition) is 6. The zero-order valence-electron chi connectivity index (χ0n) is 16.2. The first-order valence-electron chi connectivity index (χ1n) is 9.35. The second-order valence-electron chi connectivity index (χ2n) is 6.86. The average molecular weight is 432 g/mol. The van der Waals surface area contributed by atoms with Crippen molar-refractivity contribution in [1.82, 2.24) is 14.8 Å². The van der Waals surface area contributed by atoms with Gasteiger partial charge >= 0.3 is 5.97 Å². The van der Waals surface area contributed by atoms with E-state index in [9.17, 15) is 9.59 Å². The second-order valence-corrected chi connectivity index (χ2v) is 7.30. The number of rotatable bonds is 3. The number of pyridine rings is 1. The van der Waals surface area contributed by atoms with Crippen molar-refractivity contribution < 1.29 is 13.9 Å². The van der Waals surface area contributed by atoms with E-state index in [0.29, 0.717) is 50.0 Å². The number of ether oxygens (including phenoxy) is 1. The van der Waals surface area contributed by atoms with Crippen molar-refractivity contribution in [3.63, 3.8) is 0 Å². The van der Waals surface area contributed by atoms with Gasteiger partial charge in [-0.2, -0.15) is 9.78 Å². The van der Waals surface area contributed by atoms with E-state index in [1.54, 1.807) is 67.7 Å². The quantitative estimate of drug-likeness (QED) is 0.305. The fraction of sp³-hybridized carbons (Fsp3) is 0.0435. The van der Waals surface area contributed by atoms with Crippen molar-refractivity contribution >= 4 is 28.5 Å². The Labute approximate surface area is 180 Å². The van der Waals surface area contributed by atoms with Gasteiger partial charge < -0.3 is 9.15 Å². The molecule has 0 saturated heterocycles. The Balaban J connectivity index is 1.63. The normalized spacial score (nSPS) is 11.2. The predicted molar refractivity (Wildman–Crippen MR) is 115 cm³/mol. The van der Waals surface area contributed by atoms with Crippen molar-refractivity contribution in [2.24, 2.45) is 0 Å². The minimum atomic E-state index is -0.538. The first-order valence-corrected chi connectivity index (χ1v) is 9.73. The highest BCUT2D eigenvalue weighted by atomic mass is 35.5. The molecule has 0 amide bonds. The van der Waals surface area contributed by atoms with Gasteiger partial charge in [0.2, 0.25) is 0 Å². The maximum Gasteiger partial charge on any atom is 0.345 e. The molecule has 8 heteroatoms. The Hall–Kier alpha value is -3.97. The summed E-state index contributed by atoms with van der Waals surface area (Å²) in [7, 11) is 0. The monoisotopic (exact) mass is 431 g/mol. The Morgan fingerprint density at radius 3 is 2.68 bits per heavy atom. The van der Waals surface area contributed by atoms with Gasteiger partial charge in [0.15, 0.2) is 0 Å². The molecule has 0 saturated carbocycles. The highest BCUT2D eigenvalue weighted by Crippen LogP contribution is 2.33. The summed E-state index contributed by atoms with van der Waals surface area (Å²) in [6.45, 7) is 1.72. The molecule has 2 aliphatic rings. The first kappa shape index (κ1) is 19.0. The molecule has 31 heavy (non-hydrogen) atoms. The number of esters is 1. The molecule has 0 atom stereocenters. The number of carbonyl (C=O) groups is 1. The molecule has 0 unspecified atom stereocenters. The lowest BCUT2D eigenvalue weighted by molar-refractivity contribution is 0.0734. The summed E-state index contributed by atoms with van der Waals surface area (Å²) < 4.78 is 12.6. The largest absolute Gasteiger partial charge is 0.460 e. The first-order chi connectivity index (χ1) is 15.0. The van der Waals surface area contributed by atoms with Gasteiger partial charge in [0.05, 0.1) is 11.3 Å². The molecule has 0 spiro atoms. The standard InChI is InChI=1S/C23H14ClN3O4/c1-13-20-21(26-27(22(20)28)16-6-4-15(24)5-7-16)18-11-17(8-9-19(18)30-13)31-23(29)14-3-2-10-25-12-14/h2-12H,1H3. The number of benzene rings is 2. The third kappa shape index (κ3) is 3.35. The minimum Gasteiger partial charge on any atom is -0.460 e. The molecule has 0 radical (unpaired) electrons. The SMILES string of the molecule is Cc1oc2ccc(OC(=O)c3cccnc3)cc2c2nn(-c3ccc(Cl)cc3)c(=O)c1-2. The fourth-order valence-corrected chi connectivity index (χ4v) is 3.50. The van der Waals surface area contributed by atoms with Gasteiger partial charge in [0, 0.05) is 22.8 Å². The van der Waals surface area contributed by atoms with Crippen LogP contribution in [0.3, 0.4) is 0 Å². The summed E-state index contributed by atoms with van der Waals surface area (Å²) in [6.07, 6.45) is 3.00. The molecular weight excluding hydrogens is 418 g/mol. The van der Waals surface area contributed by atoms with E-state index in [-0.39, 0.29) is 5.56 Å². The van der Waals surface area contributed by atoms with Crippen LogP contribution in [0.1, 0.15) is 16.1 Å². The number of aromatic nitrogens is 3. The molecule has 7 nitrogen and oxygen atoms in total. The van der Waals surface area contributed by atoms with E-state index in [1.165, 1.54) is 10.9 Å². The average Bonchev–Trinajstić information content (AvgIpc) is 3.13. The highest BCUT2D eigenvalue weighted by molar-refractivity contribution is 6.30. The van der Waals surface area contributed by atoms with E-state index < -0.39 is 5.97 Å². The third-order valence-corrected chi connectivity index (χ3v) is 5.10. The summed E-state index contributed by atoms with van der Waals surface area (Å²) in [6, 6.07) is 15.0. The van der Waals surface area contributed by atoms with Crippen molar-refractivity contribution in [2.75, 3.05) is 0 Å². The van der Waals surface area contributed by atoms with Gasteiger partial charge in [-0.05, 0) is 61.5 Å². The topological polar surface area (TPSA) is 87.2 Å². The molecule has 0 N–H and O–H groups in total. The smallest absolute Gasteiger partial charge is 0.345 e. The molecule has 152 valence electrons. The van der Waals surface area contributed by atoms with Crippen LogP contribution in [-0.2, 0) is 0 Å². The number of nitrogens with zero attached hydrogens (tertiary/aromatic N) is 3. The molecule has 3 aromatic rings. The van der Waals surface area contributed by atoms with Gasteiger partial charge in [-0.1, -0.05) is 11.6 Å². The van der Waals surface area contributed by atoms with Gasteiger partial charge in [0.1, 0.15) is 28.4 Å². The lowest BCUT2D eigenvalue weighted by Gasteiger charge is -2.08. The molecule has 0 fully saturated rings. The van der Waals surface area contributed by atoms with Crippen molar-refractivity contribution in [3.8, 4) is 22.7 Å². The van der Waals surface area contributed by atoms with Gasteiger partial charge in [0.25, 0.3) is 5.56 Å². The number of carbonyl (C=O) groups excluding carboxylic acids is 1. The zero-order valence-corrected chi connectivity index (χ0v) is 17.0. The van der Waals surface area contributed by atoms with Crippen LogP contribution in [-0.4, -0.2) is 20.7 Å².